The highest BCUT2D eigenvalue weighted by molar-refractivity contribution is 5.93. The fraction of sp³-hybridized carbons (Fsp3) is 0.353. The van der Waals surface area contributed by atoms with Crippen LogP contribution in [0.1, 0.15) is 34.2 Å². The Morgan fingerprint density at radius 1 is 1.28 bits per heavy atom. The summed E-state index contributed by atoms with van der Waals surface area (Å²) >= 11 is 0. The predicted molar refractivity (Wildman–Crippen MR) is 87.1 cm³/mol. The Morgan fingerprint density at radius 2 is 2.04 bits per heavy atom. The van der Waals surface area contributed by atoms with Crippen LogP contribution in [0.15, 0.2) is 24.3 Å². The molecule has 1 amide bonds. The molecule has 2 N–H and O–H groups in total. The number of nitrogens with zero attached hydrogens (tertiary/aromatic N) is 3. The molecule has 25 heavy (non-hydrogen) atoms. The van der Waals surface area contributed by atoms with E-state index < -0.39 is 29.7 Å². The summed E-state index contributed by atoms with van der Waals surface area (Å²) in [6.45, 7) is 1.84. The summed E-state index contributed by atoms with van der Waals surface area (Å²) in [4.78, 5) is 22.6. The Kier molecular flexibility index (Phi) is 4.63. The van der Waals surface area contributed by atoms with Crippen molar-refractivity contribution in [2.45, 2.75) is 25.5 Å². The van der Waals surface area contributed by atoms with Crippen molar-refractivity contribution in [2.24, 2.45) is 0 Å². The first-order chi connectivity index (χ1) is 11.9. The number of likely N-dealkylation sites (tertiary alicyclic amines) is 1. The van der Waals surface area contributed by atoms with Crippen molar-refractivity contribution in [1.82, 2.24) is 14.9 Å². The minimum absolute atomic E-state index is 0.0977. The third-order valence-electron chi connectivity index (χ3n) is 4.17. The molecule has 0 unspecified atom stereocenters. The summed E-state index contributed by atoms with van der Waals surface area (Å²) in [5, 5.41) is 12.8. The number of nitrogens with one attached hydrogen (secondary N) is 1. The van der Waals surface area contributed by atoms with Crippen LogP contribution in [-0.4, -0.2) is 45.6 Å². The van der Waals surface area contributed by atoms with Crippen molar-refractivity contribution < 1.29 is 18.7 Å². The molecule has 0 radical (unpaired) electrons. The quantitative estimate of drug-likeness (QED) is 0.888. The summed E-state index contributed by atoms with van der Waals surface area (Å²) in [5.41, 5.74) is 1.23. The van der Waals surface area contributed by atoms with E-state index in [4.69, 9.17) is 0 Å². The third kappa shape index (κ3) is 3.43. The fourth-order valence-corrected chi connectivity index (χ4v) is 3.01. The van der Waals surface area contributed by atoms with Gasteiger partial charge in [-0.3, -0.25) is 4.79 Å². The summed E-state index contributed by atoms with van der Waals surface area (Å²) in [6.07, 6.45) is -0.492. The Hall–Kier alpha value is -2.61. The molecule has 2 heterocycles. The Balaban J connectivity index is 1.94. The monoisotopic (exact) mass is 348 g/mol. The minimum Gasteiger partial charge on any atom is -0.391 e. The number of β-amino-alcohol motifs (C(OH)–C–C–N with tert-alkyl or cyclic N) is 1. The van der Waals surface area contributed by atoms with E-state index in [-0.39, 0.29) is 18.7 Å². The van der Waals surface area contributed by atoms with Crippen LogP contribution in [-0.2, 0) is 0 Å². The van der Waals surface area contributed by atoms with Crippen molar-refractivity contribution in [1.29, 1.82) is 0 Å². The number of amides is 1. The van der Waals surface area contributed by atoms with Crippen LogP contribution in [0.3, 0.4) is 0 Å². The molecule has 8 heteroatoms. The summed E-state index contributed by atoms with van der Waals surface area (Å²) in [5.74, 6) is -2.02. The van der Waals surface area contributed by atoms with E-state index >= 15 is 0 Å². The molecule has 2 atom stereocenters. The fourth-order valence-electron chi connectivity index (χ4n) is 3.01. The highest BCUT2D eigenvalue weighted by Gasteiger charge is 2.36. The molecule has 1 saturated heterocycles. The number of rotatable bonds is 3. The normalized spacial score (nSPS) is 20.0. The third-order valence-corrected chi connectivity index (χ3v) is 4.17. The van der Waals surface area contributed by atoms with Gasteiger partial charge in [-0.1, -0.05) is 6.07 Å². The lowest BCUT2D eigenvalue weighted by molar-refractivity contribution is 0.0709. The molecule has 6 nitrogen and oxygen atoms in total. The highest BCUT2D eigenvalue weighted by Crippen LogP contribution is 2.34. The van der Waals surface area contributed by atoms with Crippen LogP contribution < -0.4 is 5.32 Å². The standard InChI is InChI=1S/C17H18F2N4O2/c1-9-5-14(22-17(20-2)21-9)16(25)23-8-11(24)7-15(23)10-3-4-12(18)13(19)6-10/h3-6,11,15,24H,7-8H2,1-2H3,(H,20,21,22)/t11-,15-/m0/s1. The molecule has 1 aliphatic heterocycles. The number of aliphatic hydroxyl groups excluding tert-OH is 1. The second-order valence-electron chi connectivity index (χ2n) is 6.00. The zero-order valence-corrected chi connectivity index (χ0v) is 13.8. The van der Waals surface area contributed by atoms with Gasteiger partial charge in [0.1, 0.15) is 5.69 Å². The Bertz CT molecular complexity index is 815. The number of hydrogen-bond donors (Lipinski definition) is 2. The SMILES string of the molecule is CNc1nc(C)cc(C(=O)N2C[C@@H](O)C[C@H]2c2ccc(F)c(F)c2)n1. The number of aliphatic hydroxyl groups is 1. The molecule has 2 aromatic rings. The van der Waals surface area contributed by atoms with E-state index in [1.807, 2.05) is 0 Å². The van der Waals surface area contributed by atoms with Crippen LogP contribution in [0, 0.1) is 18.6 Å². The largest absolute Gasteiger partial charge is 0.391 e. The number of anilines is 1. The molecule has 0 aliphatic carbocycles. The Labute approximate surface area is 143 Å². The van der Waals surface area contributed by atoms with Gasteiger partial charge in [-0.25, -0.2) is 18.7 Å². The summed E-state index contributed by atoms with van der Waals surface area (Å²) in [6, 6.07) is 4.50. The van der Waals surface area contributed by atoms with Gasteiger partial charge in [0.2, 0.25) is 5.95 Å². The molecule has 1 aromatic heterocycles. The second-order valence-corrected chi connectivity index (χ2v) is 6.00. The molecule has 1 aromatic carbocycles. The van der Waals surface area contributed by atoms with Gasteiger partial charge in [0, 0.05) is 19.3 Å². The first kappa shape index (κ1) is 17.2. The van der Waals surface area contributed by atoms with Crippen molar-refractivity contribution in [3.8, 4) is 0 Å². The maximum Gasteiger partial charge on any atom is 0.273 e. The lowest BCUT2D eigenvalue weighted by atomic mass is 10.0. The van der Waals surface area contributed by atoms with Crippen molar-refractivity contribution in [3.63, 3.8) is 0 Å². The summed E-state index contributed by atoms with van der Waals surface area (Å²) in [7, 11) is 1.65. The van der Waals surface area contributed by atoms with Crippen molar-refractivity contribution >= 4 is 11.9 Å². The van der Waals surface area contributed by atoms with Crippen LogP contribution >= 0.6 is 0 Å². The number of hydrogen-bond acceptors (Lipinski definition) is 5. The number of aryl methyl sites for hydroxylation is 1. The average Bonchev–Trinajstić information content (AvgIpc) is 2.97. The summed E-state index contributed by atoms with van der Waals surface area (Å²) < 4.78 is 26.7. The molecule has 0 spiro atoms. The van der Waals surface area contributed by atoms with Gasteiger partial charge in [-0.2, -0.15) is 0 Å². The zero-order chi connectivity index (χ0) is 18.1. The van der Waals surface area contributed by atoms with E-state index in [9.17, 15) is 18.7 Å². The van der Waals surface area contributed by atoms with E-state index in [0.717, 1.165) is 12.1 Å². The minimum atomic E-state index is -0.985. The van der Waals surface area contributed by atoms with Gasteiger partial charge in [0.25, 0.3) is 5.91 Å². The van der Waals surface area contributed by atoms with Gasteiger partial charge in [-0.05, 0) is 37.1 Å². The van der Waals surface area contributed by atoms with Crippen LogP contribution in [0.4, 0.5) is 14.7 Å². The lowest BCUT2D eigenvalue weighted by Crippen LogP contribution is -2.32. The molecule has 1 aliphatic rings. The maximum absolute atomic E-state index is 13.6. The first-order valence-corrected chi connectivity index (χ1v) is 7.86. The van der Waals surface area contributed by atoms with Gasteiger partial charge < -0.3 is 15.3 Å². The molecule has 3 rings (SSSR count). The van der Waals surface area contributed by atoms with E-state index in [2.05, 4.69) is 15.3 Å². The van der Waals surface area contributed by atoms with Gasteiger partial charge in [-0.15, -0.1) is 0 Å². The number of carbonyl (C=O) groups is 1. The number of benzene rings is 1. The van der Waals surface area contributed by atoms with Crippen molar-refractivity contribution in [2.75, 3.05) is 18.9 Å². The van der Waals surface area contributed by atoms with Gasteiger partial charge >= 0.3 is 0 Å². The van der Waals surface area contributed by atoms with E-state index in [0.29, 0.717) is 17.2 Å². The Morgan fingerprint density at radius 3 is 2.72 bits per heavy atom. The first-order valence-electron chi connectivity index (χ1n) is 7.86. The topological polar surface area (TPSA) is 78.4 Å². The number of carbonyl (C=O) groups excluding carboxylic acids is 1. The average molecular weight is 348 g/mol. The molecule has 1 fully saturated rings. The zero-order valence-electron chi connectivity index (χ0n) is 13.8. The molecular weight excluding hydrogens is 330 g/mol. The number of halogens is 2. The van der Waals surface area contributed by atoms with Gasteiger partial charge in [0.15, 0.2) is 11.6 Å². The molecular formula is C17H18F2N4O2. The second kappa shape index (κ2) is 6.72. The van der Waals surface area contributed by atoms with E-state index in [1.165, 1.54) is 11.0 Å². The van der Waals surface area contributed by atoms with Crippen LogP contribution in [0.5, 0.6) is 0 Å². The van der Waals surface area contributed by atoms with E-state index in [1.54, 1.807) is 20.0 Å². The molecule has 0 saturated carbocycles. The van der Waals surface area contributed by atoms with Crippen LogP contribution in [0.25, 0.3) is 0 Å². The van der Waals surface area contributed by atoms with Crippen molar-refractivity contribution in [3.05, 3.63) is 52.9 Å². The van der Waals surface area contributed by atoms with Crippen LogP contribution in [0.2, 0.25) is 0 Å². The smallest absolute Gasteiger partial charge is 0.273 e. The molecule has 132 valence electrons. The molecule has 0 bridgehead atoms. The van der Waals surface area contributed by atoms with Gasteiger partial charge in [0.05, 0.1) is 12.1 Å². The number of aromatic nitrogens is 2. The predicted octanol–water partition coefficient (Wildman–Crippen LogP) is 2.05. The highest BCUT2D eigenvalue weighted by atomic mass is 19.2. The maximum atomic E-state index is 13.6. The lowest BCUT2D eigenvalue weighted by Gasteiger charge is -2.24.